The van der Waals surface area contributed by atoms with Crippen molar-refractivity contribution in [1.29, 1.82) is 0 Å². The molecule has 3 rings (SSSR count). The first-order valence-corrected chi connectivity index (χ1v) is 9.47. The van der Waals surface area contributed by atoms with E-state index in [0.717, 1.165) is 3.79 Å². The second-order valence-corrected chi connectivity index (χ2v) is 8.04. The average Bonchev–Trinajstić information content (AvgIpc) is 3.29. The lowest BCUT2D eigenvalue weighted by Gasteiger charge is -2.04. The molecule has 0 saturated carbocycles. The zero-order chi connectivity index (χ0) is 19.4. The zero-order valence-electron chi connectivity index (χ0n) is 14.1. The fourth-order valence-electron chi connectivity index (χ4n) is 2.16. The number of carbonyl (C=O) groups is 2. The molecule has 1 aromatic carbocycles. The molecule has 2 aromatic heterocycles. The minimum atomic E-state index is -0.397. The Morgan fingerprint density at radius 1 is 1.26 bits per heavy atom. The molecule has 7 nitrogen and oxygen atoms in total. The van der Waals surface area contributed by atoms with Crippen molar-refractivity contribution in [2.45, 2.75) is 19.8 Å². The zero-order valence-corrected chi connectivity index (χ0v) is 16.5. The molecule has 27 heavy (non-hydrogen) atoms. The van der Waals surface area contributed by atoms with Crippen molar-refractivity contribution in [3.8, 4) is 11.4 Å². The fourth-order valence-corrected chi connectivity index (χ4v) is 3.45. The van der Waals surface area contributed by atoms with E-state index in [0.29, 0.717) is 21.8 Å². The van der Waals surface area contributed by atoms with Crippen LogP contribution in [0, 0.1) is 12.7 Å². The summed E-state index contributed by atoms with van der Waals surface area (Å²) < 4.78 is 19.3. The van der Waals surface area contributed by atoms with Gasteiger partial charge in [-0.2, -0.15) is 4.98 Å². The largest absolute Gasteiger partial charge is 0.339 e. The molecule has 0 aliphatic carbocycles. The third-order valence-corrected chi connectivity index (χ3v) is 5.19. The summed E-state index contributed by atoms with van der Waals surface area (Å²) in [5.41, 5.74) is 5.78. The number of hydrogen-bond donors (Lipinski definition) is 2. The lowest BCUT2D eigenvalue weighted by Crippen LogP contribution is -2.41. The van der Waals surface area contributed by atoms with Gasteiger partial charge in [0.1, 0.15) is 5.82 Å². The molecule has 0 bridgehead atoms. The molecule has 2 amide bonds. The van der Waals surface area contributed by atoms with E-state index in [1.165, 1.54) is 17.4 Å². The number of halogens is 2. The second-order valence-electron chi connectivity index (χ2n) is 5.58. The van der Waals surface area contributed by atoms with Crippen molar-refractivity contribution in [2.75, 3.05) is 0 Å². The number of benzene rings is 1. The molecule has 0 radical (unpaired) electrons. The maximum atomic E-state index is 13.3. The van der Waals surface area contributed by atoms with E-state index in [-0.39, 0.29) is 24.5 Å². The second kappa shape index (κ2) is 8.40. The van der Waals surface area contributed by atoms with Crippen LogP contribution in [0.4, 0.5) is 4.39 Å². The number of rotatable bonds is 5. The third-order valence-electron chi connectivity index (χ3n) is 3.56. The molecule has 0 spiro atoms. The summed E-state index contributed by atoms with van der Waals surface area (Å²) in [7, 11) is 0. The van der Waals surface area contributed by atoms with Crippen LogP contribution in [0.3, 0.4) is 0 Å². The summed E-state index contributed by atoms with van der Waals surface area (Å²) in [6, 6.07) is 7.91. The highest BCUT2D eigenvalue weighted by molar-refractivity contribution is 9.11. The van der Waals surface area contributed by atoms with Gasteiger partial charge in [0.25, 0.3) is 5.91 Å². The monoisotopic (exact) mass is 452 g/mol. The molecule has 0 aliphatic heterocycles. The van der Waals surface area contributed by atoms with E-state index in [2.05, 4.69) is 36.9 Å². The van der Waals surface area contributed by atoms with E-state index in [1.807, 2.05) is 0 Å². The first kappa shape index (κ1) is 19.2. The number of thiophene rings is 1. The predicted octanol–water partition coefficient (Wildman–Crippen LogP) is 3.40. The minimum absolute atomic E-state index is 0.0541. The van der Waals surface area contributed by atoms with Crippen molar-refractivity contribution in [3.63, 3.8) is 0 Å². The average molecular weight is 453 g/mol. The summed E-state index contributed by atoms with van der Waals surface area (Å²) in [4.78, 5) is 28.4. The number of hydrogen-bond acceptors (Lipinski definition) is 6. The first-order valence-electron chi connectivity index (χ1n) is 7.86. The SMILES string of the molecule is Cc1cc(-c2noc(CCC(=O)NNC(=O)c3ccc(Br)s3)n2)ccc1F. The van der Waals surface area contributed by atoms with Gasteiger partial charge in [-0.05, 0) is 58.7 Å². The molecular formula is C17H14BrFN4O3S. The normalized spacial score (nSPS) is 10.6. The summed E-state index contributed by atoms with van der Waals surface area (Å²) in [5.74, 6) is -0.501. The third kappa shape index (κ3) is 4.98. The highest BCUT2D eigenvalue weighted by Crippen LogP contribution is 2.21. The molecule has 0 saturated heterocycles. The van der Waals surface area contributed by atoms with Crippen molar-refractivity contribution in [2.24, 2.45) is 0 Å². The molecule has 0 unspecified atom stereocenters. The smallest absolute Gasteiger partial charge is 0.279 e. The molecule has 0 aliphatic rings. The Labute approximate surface area is 166 Å². The quantitative estimate of drug-likeness (QED) is 0.578. The number of aromatic nitrogens is 2. The van der Waals surface area contributed by atoms with Gasteiger partial charge in [0, 0.05) is 18.4 Å². The molecule has 0 atom stereocenters. The van der Waals surface area contributed by atoms with Gasteiger partial charge in [-0.1, -0.05) is 5.16 Å². The van der Waals surface area contributed by atoms with Crippen LogP contribution in [-0.4, -0.2) is 22.0 Å². The molecular weight excluding hydrogens is 439 g/mol. The lowest BCUT2D eigenvalue weighted by atomic mass is 10.1. The number of aryl methyl sites for hydroxylation is 2. The Kier molecular flexibility index (Phi) is 5.97. The first-order chi connectivity index (χ1) is 12.9. The van der Waals surface area contributed by atoms with E-state index in [9.17, 15) is 14.0 Å². The summed E-state index contributed by atoms with van der Waals surface area (Å²) in [6.45, 7) is 1.65. The molecule has 2 heterocycles. The van der Waals surface area contributed by atoms with Gasteiger partial charge in [-0.3, -0.25) is 20.4 Å². The van der Waals surface area contributed by atoms with Crippen LogP contribution in [0.15, 0.2) is 38.6 Å². The fraction of sp³-hybridized carbons (Fsp3) is 0.176. The number of carbonyl (C=O) groups excluding carboxylic acids is 2. The maximum absolute atomic E-state index is 13.3. The van der Waals surface area contributed by atoms with Crippen molar-refractivity contribution < 1.29 is 18.5 Å². The Bertz CT molecular complexity index is 988. The van der Waals surface area contributed by atoms with Crippen molar-refractivity contribution in [3.05, 3.63) is 56.3 Å². The Morgan fingerprint density at radius 3 is 2.78 bits per heavy atom. The van der Waals surface area contributed by atoms with Crippen LogP contribution in [0.5, 0.6) is 0 Å². The topological polar surface area (TPSA) is 97.1 Å². The number of nitrogens with one attached hydrogen (secondary N) is 2. The van der Waals surface area contributed by atoms with Gasteiger partial charge in [0.15, 0.2) is 0 Å². The van der Waals surface area contributed by atoms with Crippen molar-refractivity contribution >= 4 is 39.1 Å². The summed E-state index contributed by atoms with van der Waals surface area (Å²) >= 11 is 4.52. The number of hydrazine groups is 1. The van der Waals surface area contributed by atoms with E-state index < -0.39 is 11.8 Å². The number of amides is 2. The summed E-state index contributed by atoms with van der Waals surface area (Å²) in [5, 5.41) is 3.84. The molecule has 10 heteroatoms. The Morgan fingerprint density at radius 2 is 2.07 bits per heavy atom. The Balaban J connectivity index is 1.50. The number of nitrogens with zero attached hydrogens (tertiary/aromatic N) is 2. The van der Waals surface area contributed by atoms with Crippen LogP contribution in [0.1, 0.15) is 27.5 Å². The van der Waals surface area contributed by atoms with Gasteiger partial charge >= 0.3 is 0 Å². The van der Waals surface area contributed by atoms with Gasteiger partial charge in [0.2, 0.25) is 17.6 Å². The molecule has 140 valence electrons. The van der Waals surface area contributed by atoms with Gasteiger partial charge in [-0.15, -0.1) is 11.3 Å². The van der Waals surface area contributed by atoms with Crippen molar-refractivity contribution in [1.82, 2.24) is 21.0 Å². The van der Waals surface area contributed by atoms with Crippen LogP contribution in [0.2, 0.25) is 0 Å². The van der Waals surface area contributed by atoms with Crippen LogP contribution in [-0.2, 0) is 11.2 Å². The van der Waals surface area contributed by atoms with E-state index in [1.54, 1.807) is 31.2 Å². The lowest BCUT2D eigenvalue weighted by molar-refractivity contribution is -0.121. The van der Waals surface area contributed by atoms with Gasteiger partial charge in [-0.25, -0.2) is 4.39 Å². The Hall–Kier alpha value is -2.59. The highest BCUT2D eigenvalue weighted by Gasteiger charge is 2.13. The molecule has 3 aromatic rings. The van der Waals surface area contributed by atoms with Crippen LogP contribution in [0.25, 0.3) is 11.4 Å². The van der Waals surface area contributed by atoms with Crippen LogP contribution >= 0.6 is 27.3 Å². The standard InChI is InChI=1S/C17H14BrFN4O3S/c1-9-8-10(2-3-11(9)19)16-20-15(26-23-16)7-6-14(24)21-22-17(25)12-4-5-13(18)27-12/h2-5,8H,6-7H2,1H3,(H,21,24)(H,22,25). The predicted molar refractivity (Wildman–Crippen MR) is 100 cm³/mol. The van der Waals surface area contributed by atoms with Gasteiger partial charge < -0.3 is 4.52 Å². The summed E-state index contributed by atoms with van der Waals surface area (Å²) in [6.07, 6.45) is 0.262. The molecule has 2 N–H and O–H groups in total. The van der Waals surface area contributed by atoms with Gasteiger partial charge in [0.05, 0.1) is 8.66 Å². The molecule has 0 fully saturated rings. The van der Waals surface area contributed by atoms with Crippen LogP contribution < -0.4 is 10.9 Å². The van der Waals surface area contributed by atoms with E-state index in [4.69, 9.17) is 4.52 Å². The highest BCUT2D eigenvalue weighted by atomic mass is 79.9. The maximum Gasteiger partial charge on any atom is 0.279 e. The van der Waals surface area contributed by atoms with E-state index >= 15 is 0 Å². The minimum Gasteiger partial charge on any atom is -0.339 e.